The zero-order valence-electron chi connectivity index (χ0n) is 19.6. The number of nitrogens with zero attached hydrogens (tertiary/aromatic N) is 3. The number of hydrogen-bond donors (Lipinski definition) is 4. The van der Waals surface area contributed by atoms with Gasteiger partial charge in [-0.1, -0.05) is 12.1 Å². The number of carboxylic acids is 1. The molecule has 0 saturated heterocycles. The summed E-state index contributed by atoms with van der Waals surface area (Å²) in [4.78, 5) is 30.1. The number of aromatic hydroxyl groups is 2. The molecule has 12 heteroatoms. The highest BCUT2D eigenvalue weighted by Crippen LogP contribution is 2.33. The summed E-state index contributed by atoms with van der Waals surface area (Å²) < 4.78 is 33.3. The Labute approximate surface area is 213 Å². The highest BCUT2D eigenvalue weighted by atomic mass is 19.4. The number of hydrogen-bond acceptors (Lipinski definition) is 7. The van der Waals surface area contributed by atoms with Crippen LogP contribution in [0.2, 0.25) is 0 Å². The van der Waals surface area contributed by atoms with E-state index in [4.69, 9.17) is 9.90 Å². The van der Waals surface area contributed by atoms with Gasteiger partial charge in [0, 0.05) is 36.6 Å². The van der Waals surface area contributed by atoms with E-state index >= 15 is 0 Å². The molecule has 0 aliphatic carbocycles. The number of nitrogens with one attached hydrogen (secondary N) is 1. The van der Waals surface area contributed by atoms with Gasteiger partial charge in [-0.2, -0.15) is 13.2 Å². The van der Waals surface area contributed by atoms with Crippen molar-refractivity contribution in [2.45, 2.75) is 12.6 Å². The van der Waals surface area contributed by atoms with Gasteiger partial charge in [0.15, 0.2) is 0 Å². The van der Waals surface area contributed by atoms with Crippen LogP contribution in [0.25, 0.3) is 33.6 Å². The molecule has 4 aromatic rings. The first-order valence-electron chi connectivity index (χ1n) is 11.3. The van der Waals surface area contributed by atoms with Gasteiger partial charge in [0.1, 0.15) is 11.4 Å². The summed E-state index contributed by atoms with van der Waals surface area (Å²) in [5.74, 6) is -2.85. The molecule has 0 saturated carbocycles. The average molecular weight is 526 g/mol. The third-order valence-electron chi connectivity index (χ3n) is 5.69. The van der Waals surface area contributed by atoms with E-state index in [-0.39, 0.29) is 17.2 Å². The van der Waals surface area contributed by atoms with Crippen molar-refractivity contribution in [3.8, 4) is 34.0 Å². The molecule has 1 aliphatic heterocycles. The molecule has 5 rings (SSSR count). The lowest BCUT2D eigenvalue weighted by Gasteiger charge is -2.15. The number of pyridine rings is 2. The van der Waals surface area contributed by atoms with Crippen molar-refractivity contribution < 1.29 is 33.3 Å². The summed E-state index contributed by atoms with van der Waals surface area (Å²) >= 11 is 0. The van der Waals surface area contributed by atoms with Crippen molar-refractivity contribution >= 4 is 17.2 Å². The van der Waals surface area contributed by atoms with E-state index in [1.807, 2.05) is 18.3 Å². The quantitative estimate of drug-likeness (QED) is 0.316. The molecule has 0 fully saturated rings. The second kappa shape index (κ2) is 10.7. The van der Waals surface area contributed by atoms with Crippen molar-refractivity contribution in [3.05, 3.63) is 82.9 Å². The van der Waals surface area contributed by atoms with Gasteiger partial charge in [-0.25, -0.2) is 14.8 Å². The number of carbonyl (C=O) groups is 1. The number of aromatic nitrogens is 3. The molecule has 4 heterocycles. The fourth-order valence-electron chi connectivity index (χ4n) is 3.84. The molecule has 0 atom stereocenters. The number of fused-ring (bicyclic) bond motifs is 1. The van der Waals surface area contributed by atoms with Crippen LogP contribution < -0.4 is 10.9 Å². The predicted molar refractivity (Wildman–Crippen MR) is 133 cm³/mol. The smallest absolute Gasteiger partial charge is 0.490 e. The Morgan fingerprint density at radius 1 is 1.00 bits per heavy atom. The first-order valence-corrected chi connectivity index (χ1v) is 11.3. The Kier molecular flexibility index (Phi) is 7.44. The van der Waals surface area contributed by atoms with E-state index < -0.39 is 12.1 Å². The SMILES string of the molecule is O=C(O)C(F)(F)F.O=c1cc(-c2ccc(-c3ccnc(O)c3)cc2O)nc2ccc(C3=CCNCC3)cn12. The zero-order valence-corrected chi connectivity index (χ0v) is 19.6. The molecule has 0 unspecified atom stereocenters. The Morgan fingerprint density at radius 2 is 1.71 bits per heavy atom. The van der Waals surface area contributed by atoms with E-state index in [9.17, 15) is 28.2 Å². The van der Waals surface area contributed by atoms with Crippen LogP contribution in [0.3, 0.4) is 0 Å². The molecule has 0 bridgehead atoms. The van der Waals surface area contributed by atoms with Gasteiger partial charge in [0.25, 0.3) is 5.56 Å². The number of alkyl halides is 3. The second-order valence-electron chi connectivity index (χ2n) is 8.25. The molecule has 3 aromatic heterocycles. The lowest BCUT2D eigenvalue weighted by molar-refractivity contribution is -0.192. The van der Waals surface area contributed by atoms with Crippen molar-refractivity contribution in [2.24, 2.45) is 0 Å². The Hall–Kier alpha value is -4.71. The molecular weight excluding hydrogens is 505 g/mol. The molecule has 0 spiro atoms. The normalized spacial score (nSPS) is 13.4. The van der Waals surface area contributed by atoms with Gasteiger partial charge < -0.3 is 20.6 Å². The highest BCUT2D eigenvalue weighted by molar-refractivity contribution is 5.75. The van der Waals surface area contributed by atoms with Crippen LogP contribution in [-0.2, 0) is 4.79 Å². The average Bonchev–Trinajstić information content (AvgIpc) is 2.89. The topological polar surface area (TPSA) is 137 Å². The molecule has 38 heavy (non-hydrogen) atoms. The van der Waals surface area contributed by atoms with Gasteiger partial charge in [-0.3, -0.25) is 9.20 Å². The van der Waals surface area contributed by atoms with Crippen LogP contribution in [0.4, 0.5) is 13.2 Å². The lowest BCUT2D eigenvalue weighted by Crippen LogP contribution is -2.21. The summed E-state index contributed by atoms with van der Waals surface area (Å²) in [5.41, 5.74) is 4.84. The van der Waals surface area contributed by atoms with Crippen LogP contribution in [-0.4, -0.2) is 54.9 Å². The molecule has 0 amide bonds. The second-order valence-corrected chi connectivity index (χ2v) is 8.25. The lowest BCUT2D eigenvalue weighted by atomic mass is 10.0. The van der Waals surface area contributed by atoms with E-state index in [1.54, 1.807) is 24.3 Å². The van der Waals surface area contributed by atoms with Gasteiger partial charge >= 0.3 is 12.1 Å². The molecule has 1 aliphatic rings. The van der Waals surface area contributed by atoms with Crippen molar-refractivity contribution in [2.75, 3.05) is 13.1 Å². The maximum absolute atomic E-state index is 12.8. The van der Waals surface area contributed by atoms with E-state index in [2.05, 4.69) is 21.4 Å². The van der Waals surface area contributed by atoms with Crippen LogP contribution >= 0.6 is 0 Å². The minimum absolute atomic E-state index is 0.00142. The van der Waals surface area contributed by atoms with Crippen molar-refractivity contribution in [1.29, 1.82) is 0 Å². The van der Waals surface area contributed by atoms with Gasteiger partial charge in [0.2, 0.25) is 5.88 Å². The van der Waals surface area contributed by atoms with Gasteiger partial charge in [0.05, 0.1) is 5.69 Å². The molecule has 4 N–H and O–H groups in total. The first kappa shape index (κ1) is 26.4. The van der Waals surface area contributed by atoms with Crippen molar-refractivity contribution in [3.63, 3.8) is 0 Å². The monoisotopic (exact) mass is 526 g/mol. The number of benzene rings is 1. The third-order valence-corrected chi connectivity index (χ3v) is 5.69. The molecule has 0 radical (unpaired) electrons. The Morgan fingerprint density at radius 3 is 2.34 bits per heavy atom. The van der Waals surface area contributed by atoms with Crippen LogP contribution in [0.5, 0.6) is 11.6 Å². The van der Waals surface area contributed by atoms with E-state index in [1.165, 1.54) is 28.3 Å². The Bertz CT molecular complexity index is 1600. The molecule has 9 nitrogen and oxygen atoms in total. The summed E-state index contributed by atoms with van der Waals surface area (Å²) in [6.07, 6.45) is 1.29. The number of rotatable bonds is 3. The minimum Gasteiger partial charge on any atom is -0.507 e. The Balaban J connectivity index is 0.000000426. The number of phenolic OH excluding ortho intramolecular Hbond substituents is 1. The molecule has 196 valence electrons. The van der Waals surface area contributed by atoms with Crippen LogP contribution in [0.1, 0.15) is 12.0 Å². The summed E-state index contributed by atoms with van der Waals surface area (Å²) in [6, 6.07) is 13.6. The zero-order chi connectivity index (χ0) is 27.4. The molecule has 1 aromatic carbocycles. The van der Waals surface area contributed by atoms with Crippen molar-refractivity contribution in [1.82, 2.24) is 19.7 Å². The number of carboxylic acid groups (broad SMARTS) is 1. The minimum atomic E-state index is -5.08. The number of phenols is 1. The summed E-state index contributed by atoms with van der Waals surface area (Å²) in [5, 5.41) is 30.6. The fourth-order valence-corrected chi connectivity index (χ4v) is 3.84. The van der Waals surface area contributed by atoms with Gasteiger partial charge in [-0.05, 0) is 65.6 Å². The fraction of sp³-hybridized carbons (Fsp3) is 0.154. The van der Waals surface area contributed by atoms with Crippen LogP contribution in [0.15, 0.2) is 71.8 Å². The molecular formula is C26H21F3N4O5. The number of halogens is 3. The van der Waals surface area contributed by atoms with E-state index in [0.29, 0.717) is 16.9 Å². The largest absolute Gasteiger partial charge is 0.507 e. The summed E-state index contributed by atoms with van der Waals surface area (Å²) in [7, 11) is 0. The van der Waals surface area contributed by atoms with E-state index in [0.717, 1.165) is 36.2 Å². The maximum atomic E-state index is 12.8. The first-order chi connectivity index (χ1) is 18.0. The van der Waals surface area contributed by atoms with Gasteiger partial charge in [-0.15, -0.1) is 0 Å². The number of aliphatic carboxylic acids is 1. The maximum Gasteiger partial charge on any atom is 0.490 e. The third kappa shape index (κ3) is 5.98. The predicted octanol–water partition coefficient (Wildman–Crippen LogP) is 3.84. The highest BCUT2D eigenvalue weighted by Gasteiger charge is 2.38. The standard InChI is InChI=1S/C24H20N4O3.C2HF3O2/c29-21-11-16(17-7-10-26-23(30)12-17)1-3-19(21)20-13-24(31)28-14-18(2-4-22(28)27-20)15-5-8-25-9-6-15;3-2(4,5)1(6)7/h1-5,7,10-14,25,29H,6,8-9H2,(H,26,30);(H,6,7). The summed E-state index contributed by atoms with van der Waals surface area (Å²) in [6.45, 7) is 1.75. The van der Waals surface area contributed by atoms with Crippen LogP contribution in [0, 0.1) is 0 Å².